The number of para-hydroxylation sites is 2. The number of hydrogen-bond donors (Lipinski definition) is 1. The molecule has 1 N–H and O–H groups in total. The number of benzene rings is 2. The molecule has 4 rings (SSSR count). The van der Waals surface area contributed by atoms with Gasteiger partial charge in [-0.2, -0.15) is 0 Å². The first-order valence-electron chi connectivity index (χ1n) is 11.0. The van der Waals surface area contributed by atoms with Crippen LogP contribution in [0.15, 0.2) is 53.7 Å². The highest BCUT2D eigenvalue weighted by atomic mass is 35.5. The molecule has 0 fully saturated rings. The third-order valence-electron chi connectivity index (χ3n) is 6.03. The number of nitrogens with one attached hydrogen (secondary N) is 1. The molecule has 0 saturated heterocycles. The summed E-state index contributed by atoms with van der Waals surface area (Å²) in [5.74, 6) is -0.709. The molecule has 4 nitrogen and oxygen atoms in total. The number of hydrogen-bond acceptors (Lipinski definition) is 3. The van der Waals surface area contributed by atoms with E-state index in [2.05, 4.69) is 5.32 Å². The summed E-state index contributed by atoms with van der Waals surface area (Å²) < 4.78 is 15.3. The second-order valence-corrected chi connectivity index (χ2v) is 10.3. The lowest BCUT2D eigenvalue weighted by molar-refractivity contribution is -0.120. The number of fused-ring (bicyclic) bond motifs is 1. The zero-order chi connectivity index (χ0) is 23.2. The van der Waals surface area contributed by atoms with Crippen LogP contribution in [-0.4, -0.2) is 11.7 Å². The molecule has 1 atom stereocenters. The highest BCUT2D eigenvalue weighted by Gasteiger charge is 2.44. The van der Waals surface area contributed by atoms with Crippen LogP contribution in [0, 0.1) is 17.2 Å². The second kappa shape index (κ2) is 8.36. The molecular weight excluding hydrogens is 427 g/mol. The van der Waals surface area contributed by atoms with E-state index in [9.17, 15) is 9.59 Å². The number of halogens is 2. The van der Waals surface area contributed by atoms with E-state index in [-0.39, 0.29) is 40.0 Å². The third kappa shape index (κ3) is 4.06. The predicted octanol–water partition coefficient (Wildman–Crippen LogP) is 6.67. The number of Topliss-reactive ketones (excluding diaryl/α,β-unsaturated/α-hetero) is 1. The lowest BCUT2D eigenvalue weighted by Crippen LogP contribution is -2.40. The van der Waals surface area contributed by atoms with Gasteiger partial charge in [0.1, 0.15) is 5.82 Å². The van der Waals surface area contributed by atoms with Gasteiger partial charge in [-0.15, -0.1) is 0 Å². The average Bonchev–Trinajstić information content (AvgIpc) is 2.80. The Morgan fingerprint density at radius 2 is 1.91 bits per heavy atom. The summed E-state index contributed by atoms with van der Waals surface area (Å²) in [6.07, 6.45) is 1.19. The van der Waals surface area contributed by atoms with Crippen LogP contribution in [0.1, 0.15) is 58.6 Å². The predicted molar refractivity (Wildman–Crippen MR) is 126 cm³/mol. The normalized spacial score (nSPS) is 19.9. The number of carbonyl (C=O) groups excluding carboxylic acids is 2. The molecular formula is C26H28ClFN2O2. The molecule has 168 valence electrons. The van der Waals surface area contributed by atoms with E-state index in [1.165, 1.54) is 12.1 Å². The van der Waals surface area contributed by atoms with Crippen LogP contribution in [0.2, 0.25) is 5.02 Å². The minimum Gasteiger partial charge on any atom is -0.357 e. The number of anilines is 2. The maximum absolute atomic E-state index is 15.3. The maximum atomic E-state index is 15.3. The van der Waals surface area contributed by atoms with E-state index < -0.39 is 11.9 Å². The second-order valence-electron chi connectivity index (χ2n) is 9.87. The van der Waals surface area contributed by atoms with Gasteiger partial charge in [-0.3, -0.25) is 14.5 Å². The number of nitrogens with zero attached hydrogens (tertiary/aromatic N) is 1. The molecule has 2 aromatic rings. The van der Waals surface area contributed by atoms with Crippen LogP contribution in [0.25, 0.3) is 0 Å². The largest absolute Gasteiger partial charge is 0.357 e. The van der Waals surface area contributed by atoms with E-state index in [1.807, 2.05) is 52.0 Å². The Hall–Kier alpha value is -2.66. The lowest BCUT2D eigenvalue weighted by Gasteiger charge is -2.37. The Balaban J connectivity index is 2.05. The topological polar surface area (TPSA) is 49.4 Å². The zero-order valence-corrected chi connectivity index (χ0v) is 19.6. The Morgan fingerprint density at radius 1 is 1.19 bits per heavy atom. The maximum Gasteiger partial charge on any atom is 0.228 e. The number of allylic oxidation sites excluding steroid dienone is 1. The molecule has 0 saturated carbocycles. The van der Waals surface area contributed by atoms with Crippen molar-refractivity contribution >= 4 is 34.7 Å². The molecule has 0 unspecified atom stereocenters. The summed E-state index contributed by atoms with van der Waals surface area (Å²) in [6, 6.07) is 11.0. The summed E-state index contributed by atoms with van der Waals surface area (Å²) in [7, 11) is 0. The molecule has 1 heterocycles. The van der Waals surface area contributed by atoms with Crippen molar-refractivity contribution in [2.45, 2.75) is 53.0 Å². The van der Waals surface area contributed by atoms with Crippen LogP contribution in [0.5, 0.6) is 0 Å². The molecule has 1 aliphatic heterocycles. The van der Waals surface area contributed by atoms with Gasteiger partial charge in [-0.1, -0.05) is 57.5 Å². The molecule has 32 heavy (non-hydrogen) atoms. The van der Waals surface area contributed by atoms with Crippen molar-refractivity contribution in [2.24, 2.45) is 11.3 Å². The van der Waals surface area contributed by atoms with Gasteiger partial charge in [0.2, 0.25) is 5.91 Å². The van der Waals surface area contributed by atoms with Gasteiger partial charge >= 0.3 is 0 Å². The van der Waals surface area contributed by atoms with Gasteiger partial charge in [-0.25, -0.2) is 4.39 Å². The minimum absolute atomic E-state index is 0.0942. The van der Waals surface area contributed by atoms with Crippen LogP contribution < -0.4 is 10.2 Å². The Labute approximate surface area is 193 Å². The van der Waals surface area contributed by atoms with Crippen LogP contribution in [0.4, 0.5) is 15.8 Å². The molecule has 2 aliphatic rings. The molecule has 1 amide bonds. The van der Waals surface area contributed by atoms with Crippen LogP contribution in [0.3, 0.4) is 0 Å². The molecule has 6 heteroatoms. The van der Waals surface area contributed by atoms with E-state index in [0.29, 0.717) is 24.1 Å². The van der Waals surface area contributed by atoms with E-state index in [4.69, 9.17) is 11.6 Å². The van der Waals surface area contributed by atoms with Crippen molar-refractivity contribution in [3.05, 3.63) is 70.1 Å². The molecule has 0 radical (unpaired) electrons. The van der Waals surface area contributed by atoms with E-state index >= 15 is 4.39 Å². The number of rotatable bonds is 3. The quantitative estimate of drug-likeness (QED) is 0.563. The first kappa shape index (κ1) is 22.5. The van der Waals surface area contributed by atoms with Crippen LogP contribution >= 0.6 is 11.6 Å². The first-order valence-corrected chi connectivity index (χ1v) is 11.3. The summed E-state index contributed by atoms with van der Waals surface area (Å²) in [5.41, 5.74) is 2.39. The monoisotopic (exact) mass is 454 g/mol. The van der Waals surface area contributed by atoms with Crippen molar-refractivity contribution in [1.82, 2.24) is 0 Å². The van der Waals surface area contributed by atoms with Crippen molar-refractivity contribution in [3.63, 3.8) is 0 Å². The van der Waals surface area contributed by atoms with Crippen molar-refractivity contribution in [1.29, 1.82) is 0 Å². The zero-order valence-electron chi connectivity index (χ0n) is 18.8. The Morgan fingerprint density at radius 3 is 2.59 bits per heavy atom. The fourth-order valence-corrected chi connectivity index (χ4v) is 5.02. The number of carbonyl (C=O) groups is 2. The van der Waals surface area contributed by atoms with Crippen molar-refractivity contribution in [2.75, 3.05) is 10.2 Å². The molecule has 1 aliphatic carbocycles. The molecule has 0 aromatic heterocycles. The highest BCUT2D eigenvalue weighted by molar-refractivity contribution is 6.31. The number of amides is 1. The average molecular weight is 455 g/mol. The fraction of sp³-hybridized carbons (Fsp3) is 0.385. The highest BCUT2D eigenvalue weighted by Crippen LogP contribution is 2.50. The lowest BCUT2D eigenvalue weighted by atomic mass is 9.73. The summed E-state index contributed by atoms with van der Waals surface area (Å²) >= 11 is 6.52. The molecule has 2 aromatic carbocycles. The van der Waals surface area contributed by atoms with E-state index in [1.54, 1.807) is 11.0 Å². The summed E-state index contributed by atoms with van der Waals surface area (Å²) in [6.45, 7) is 8.01. The number of ketones is 1. The van der Waals surface area contributed by atoms with Crippen molar-refractivity contribution < 1.29 is 14.0 Å². The Bertz CT molecular complexity index is 1100. The Kier molecular flexibility index (Phi) is 5.89. The summed E-state index contributed by atoms with van der Waals surface area (Å²) in [4.78, 5) is 28.8. The SMILES string of the molecule is CC(C)CC(=O)N1c2ccccc2NC2=C(C(=O)CC(C)(C)C2)[C@H]1c1c(F)cccc1Cl. The first-order chi connectivity index (χ1) is 15.1. The standard InChI is InChI=1S/C26H28ClFN2O2/c1-15(2)12-22(32)30-20-11-6-5-10-18(20)29-19-13-26(3,4)14-21(31)24(19)25(30)23-16(27)8-7-9-17(23)28/h5-11,15,25,29H,12-14H2,1-4H3/t25-/m1/s1. The third-order valence-corrected chi connectivity index (χ3v) is 6.36. The van der Waals surface area contributed by atoms with Crippen molar-refractivity contribution in [3.8, 4) is 0 Å². The molecule has 0 spiro atoms. The smallest absolute Gasteiger partial charge is 0.228 e. The summed E-state index contributed by atoms with van der Waals surface area (Å²) in [5, 5.41) is 3.62. The fourth-order valence-electron chi connectivity index (χ4n) is 4.75. The van der Waals surface area contributed by atoms with E-state index in [0.717, 1.165) is 11.4 Å². The van der Waals surface area contributed by atoms with Gasteiger partial charge in [-0.05, 0) is 42.0 Å². The minimum atomic E-state index is -0.940. The molecule has 0 bridgehead atoms. The van der Waals surface area contributed by atoms with Gasteiger partial charge in [0, 0.05) is 34.7 Å². The van der Waals surface area contributed by atoms with Gasteiger partial charge in [0.05, 0.1) is 17.4 Å². The van der Waals surface area contributed by atoms with Gasteiger partial charge < -0.3 is 5.32 Å². The van der Waals surface area contributed by atoms with Gasteiger partial charge in [0.25, 0.3) is 0 Å². The van der Waals surface area contributed by atoms with Crippen LogP contribution in [-0.2, 0) is 9.59 Å². The van der Waals surface area contributed by atoms with Gasteiger partial charge in [0.15, 0.2) is 5.78 Å².